The molecule has 1 aromatic carbocycles. The predicted molar refractivity (Wildman–Crippen MR) is 75.1 cm³/mol. The Morgan fingerprint density at radius 3 is 2.90 bits per heavy atom. The number of ether oxygens (including phenoxy) is 1. The van der Waals surface area contributed by atoms with Crippen molar-refractivity contribution in [2.24, 2.45) is 7.05 Å². The molecular weight excluding hydrogens is 260 g/mol. The van der Waals surface area contributed by atoms with E-state index >= 15 is 0 Å². The minimum atomic E-state index is -0.425. The molecule has 0 saturated heterocycles. The first-order chi connectivity index (χ1) is 9.61. The Bertz CT molecular complexity index is 609. The van der Waals surface area contributed by atoms with Crippen LogP contribution >= 0.6 is 0 Å². The van der Waals surface area contributed by atoms with Crippen LogP contribution in [0.25, 0.3) is 0 Å². The lowest BCUT2D eigenvalue weighted by molar-refractivity contribution is -0.384. The largest absolute Gasteiger partial charge is 0.496 e. The first-order valence-corrected chi connectivity index (χ1v) is 6.14. The van der Waals surface area contributed by atoms with Crippen molar-refractivity contribution < 1.29 is 9.66 Å². The Morgan fingerprint density at radius 1 is 1.50 bits per heavy atom. The molecular formula is C13H16N4O3. The number of nitrogens with one attached hydrogen (secondary N) is 1. The molecule has 0 spiro atoms. The fourth-order valence-corrected chi connectivity index (χ4v) is 1.89. The van der Waals surface area contributed by atoms with Gasteiger partial charge in [0.25, 0.3) is 5.69 Å². The van der Waals surface area contributed by atoms with Gasteiger partial charge in [-0.3, -0.25) is 10.1 Å². The maximum absolute atomic E-state index is 11.0. The molecule has 0 aliphatic heterocycles. The summed E-state index contributed by atoms with van der Waals surface area (Å²) in [5.74, 6) is 1.39. The number of hydrogen-bond acceptors (Lipinski definition) is 5. The molecule has 0 aliphatic carbocycles. The monoisotopic (exact) mass is 276 g/mol. The highest BCUT2D eigenvalue weighted by atomic mass is 16.6. The van der Waals surface area contributed by atoms with Gasteiger partial charge < -0.3 is 14.6 Å². The number of benzene rings is 1. The zero-order valence-electron chi connectivity index (χ0n) is 11.4. The van der Waals surface area contributed by atoms with Gasteiger partial charge in [0.2, 0.25) is 0 Å². The van der Waals surface area contributed by atoms with Crippen molar-refractivity contribution in [2.75, 3.05) is 19.0 Å². The van der Waals surface area contributed by atoms with E-state index in [1.165, 1.54) is 13.2 Å². The van der Waals surface area contributed by atoms with E-state index in [-0.39, 0.29) is 5.69 Å². The number of hydrogen-bond donors (Lipinski definition) is 1. The molecule has 0 aliphatic rings. The highest BCUT2D eigenvalue weighted by Crippen LogP contribution is 2.28. The lowest BCUT2D eigenvalue weighted by Crippen LogP contribution is -2.09. The van der Waals surface area contributed by atoms with Crippen molar-refractivity contribution in [3.63, 3.8) is 0 Å². The molecule has 0 amide bonds. The van der Waals surface area contributed by atoms with E-state index in [9.17, 15) is 10.1 Å². The molecule has 1 aromatic heterocycles. The van der Waals surface area contributed by atoms with Crippen LogP contribution in [0.3, 0.4) is 0 Å². The van der Waals surface area contributed by atoms with E-state index in [0.29, 0.717) is 24.4 Å². The molecule has 2 aromatic rings. The minimum absolute atomic E-state index is 0.00388. The summed E-state index contributed by atoms with van der Waals surface area (Å²) in [5.41, 5.74) is 0.481. The van der Waals surface area contributed by atoms with Gasteiger partial charge in [-0.25, -0.2) is 4.98 Å². The molecule has 0 bridgehead atoms. The quantitative estimate of drug-likeness (QED) is 0.644. The van der Waals surface area contributed by atoms with E-state index in [4.69, 9.17) is 4.74 Å². The minimum Gasteiger partial charge on any atom is -0.496 e. The maximum atomic E-state index is 11.0. The van der Waals surface area contributed by atoms with Gasteiger partial charge in [-0.05, 0) is 12.1 Å². The van der Waals surface area contributed by atoms with Crippen LogP contribution in [0.5, 0.6) is 5.75 Å². The number of aromatic nitrogens is 2. The summed E-state index contributed by atoms with van der Waals surface area (Å²) in [4.78, 5) is 14.8. The number of aryl methyl sites for hydroxylation is 1. The molecule has 0 radical (unpaired) electrons. The third-order valence-electron chi connectivity index (χ3n) is 2.99. The van der Waals surface area contributed by atoms with Gasteiger partial charge in [0.05, 0.1) is 18.1 Å². The second-order valence-corrected chi connectivity index (χ2v) is 4.27. The highest BCUT2D eigenvalue weighted by Gasteiger charge is 2.14. The van der Waals surface area contributed by atoms with Gasteiger partial charge in [0.1, 0.15) is 17.3 Å². The normalized spacial score (nSPS) is 10.3. The molecule has 7 nitrogen and oxygen atoms in total. The molecule has 20 heavy (non-hydrogen) atoms. The predicted octanol–water partition coefficient (Wildman–Crippen LogP) is 1.99. The summed E-state index contributed by atoms with van der Waals surface area (Å²) in [7, 11) is 3.39. The number of imidazole rings is 1. The van der Waals surface area contributed by atoms with Crippen molar-refractivity contribution >= 4 is 11.4 Å². The fraction of sp³-hybridized carbons (Fsp3) is 0.308. The van der Waals surface area contributed by atoms with Crippen molar-refractivity contribution in [1.29, 1.82) is 0 Å². The number of nitro groups is 1. The van der Waals surface area contributed by atoms with Gasteiger partial charge in [-0.1, -0.05) is 0 Å². The second kappa shape index (κ2) is 6.05. The van der Waals surface area contributed by atoms with Gasteiger partial charge >= 0.3 is 0 Å². The average Bonchev–Trinajstić information content (AvgIpc) is 2.84. The van der Waals surface area contributed by atoms with Crippen LogP contribution in [-0.2, 0) is 13.5 Å². The maximum Gasteiger partial charge on any atom is 0.296 e. The fourth-order valence-electron chi connectivity index (χ4n) is 1.89. The summed E-state index contributed by atoms with van der Waals surface area (Å²) < 4.78 is 6.91. The van der Waals surface area contributed by atoms with Crippen molar-refractivity contribution in [2.45, 2.75) is 6.42 Å². The smallest absolute Gasteiger partial charge is 0.296 e. The molecule has 0 fully saturated rings. The molecule has 7 heteroatoms. The molecule has 2 rings (SSSR count). The molecule has 106 valence electrons. The summed E-state index contributed by atoms with van der Waals surface area (Å²) in [6.45, 7) is 0.567. The summed E-state index contributed by atoms with van der Waals surface area (Å²) >= 11 is 0. The second-order valence-electron chi connectivity index (χ2n) is 4.27. The summed E-state index contributed by atoms with van der Waals surface area (Å²) in [6, 6.07) is 4.74. The van der Waals surface area contributed by atoms with Crippen molar-refractivity contribution in [3.05, 3.63) is 46.5 Å². The van der Waals surface area contributed by atoms with E-state index < -0.39 is 4.92 Å². The number of nitrogens with zero attached hydrogens (tertiary/aromatic N) is 3. The first-order valence-electron chi connectivity index (χ1n) is 6.14. The first kappa shape index (κ1) is 13.9. The summed E-state index contributed by atoms with van der Waals surface area (Å²) in [6.07, 6.45) is 4.28. The van der Waals surface area contributed by atoms with E-state index in [2.05, 4.69) is 10.3 Å². The summed E-state index contributed by atoms with van der Waals surface area (Å²) in [5, 5.41) is 14.1. The lowest BCUT2D eigenvalue weighted by atomic mass is 10.2. The van der Waals surface area contributed by atoms with Gasteiger partial charge in [-0.2, -0.15) is 0 Å². The van der Waals surface area contributed by atoms with Crippen LogP contribution < -0.4 is 10.1 Å². The van der Waals surface area contributed by atoms with Crippen molar-refractivity contribution in [1.82, 2.24) is 9.55 Å². The van der Waals surface area contributed by atoms with Crippen molar-refractivity contribution in [3.8, 4) is 5.75 Å². The van der Waals surface area contributed by atoms with Gasteiger partial charge in [0, 0.05) is 32.4 Å². The SMILES string of the molecule is COc1ccc(NCCc2nccn2C)c([N+](=O)[O-])c1. The van der Waals surface area contributed by atoms with Crippen LogP contribution in [0, 0.1) is 10.1 Å². The molecule has 0 unspecified atom stereocenters. The van der Waals surface area contributed by atoms with Crippen LogP contribution in [0.1, 0.15) is 5.82 Å². The Labute approximate surface area is 116 Å². The van der Waals surface area contributed by atoms with Gasteiger partial charge in [0.15, 0.2) is 0 Å². The third-order valence-corrected chi connectivity index (χ3v) is 2.99. The number of rotatable bonds is 6. The number of anilines is 1. The van der Waals surface area contributed by atoms with E-state index in [1.54, 1.807) is 18.3 Å². The average molecular weight is 276 g/mol. The topological polar surface area (TPSA) is 82.2 Å². The molecule has 0 atom stereocenters. The Hall–Kier alpha value is -2.57. The van der Waals surface area contributed by atoms with Crippen LogP contribution in [0.2, 0.25) is 0 Å². The zero-order chi connectivity index (χ0) is 14.5. The number of nitro benzene ring substituents is 1. The standard InChI is InChI=1S/C13H16N4O3/c1-16-8-7-15-13(16)5-6-14-11-4-3-10(20-2)9-12(11)17(18)19/h3-4,7-9,14H,5-6H2,1-2H3. The molecule has 0 saturated carbocycles. The zero-order valence-corrected chi connectivity index (χ0v) is 11.4. The Morgan fingerprint density at radius 2 is 2.30 bits per heavy atom. The molecule has 1 heterocycles. The Balaban J connectivity index is 2.05. The molecule has 1 N–H and O–H groups in total. The van der Waals surface area contributed by atoms with Gasteiger partial charge in [-0.15, -0.1) is 0 Å². The Kier molecular flexibility index (Phi) is 4.19. The van der Waals surface area contributed by atoms with Crippen LogP contribution in [0.15, 0.2) is 30.6 Å². The van der Waals surface area contributed by atoms with E-state index in [1.807, 2.05) is 17.8 Å². The lowest BCUT2D eigenvalue weighted by Gasteiger charge is -2.08. The van der Waals surface area contributed by atoms with Crippen LogP contribution in [0.4, 0.5) is 11.4 Å². The third kappa shape index (κ3) is 3.05. The number of methoxy groups -OCH3 is 1. The van der Waals surface area contributed by atoms with Crippen LogP contribution in [-0.4, -0.2) is 28.1 Å². The highest BCUT2D eigenvalue weighted by molar-refractivity contribution is 5.63. The van der Waals surface area contributed by atoms with E-state index in [0.717, 1.165) is 5.82 Å².